The molecule has 2 fully saturated rings. The molecule has 1 aliphatic carbocycles. The predicted octanol–water partition coefficient (Wildman–Crippen LogP) is 3.84. The maximum Gasteiger partial charge on any atom is 0.233 e. The van der Waals surface area contributed by atoms with E-state index in [1.165, 1.54) is 32.1 Å². The molecule has 4 unspecified atom stereocenters. The van der Waals surface area contributed by atoms with Crippen LogP contribution in [0.4, 0.5) is 0 Å². The van der Waals surface area contributed by atoms with Gasteiger partial charge in [0, 0.05) is 18.9 Å². The fourth-order valence-electron chi connectivity index (χ4n) is 5.34. The number of carbonyl (C=O) groups excluding carboxylic acids is 2. The van der Waals surface area contributed by atoms with Crippen molar-refractivity contribution in [2.75, 3.05) is 34.2 Å². The van der Waals surface area contributed by atoms with Crippen molar-refractivity contribution in [1.29, 1.82) is 5.26 Å². The number of carbonyl (C=O) groups is 2. The van der Waals surface area contributed by atoms with Gasteiger partial charge in [-0.15, -0.1) is 0 Å². The van der Waals surface area contributed by atoms with Crippen LogP contribution >= 0.6 is 0 Å². The summed E-state index contributed by atoms with van der Waals surface area (Å²) in [5.41, 5.74) is 0. The van der Waals surface area contributed by atoms with E-state index in [4.69, 9.17) is 0 Å². The van der Waals surface area contributed by atoms with Crippen LogP contribution in [0, 0.1) is 40.9 Å². The monoisotopic (exact) mass is 390 g/mol. The molecule has 1 saturated carbocycles. The minimum atomic E-state index is -0.307. The third-order valence-electron chi connectivity index (χ3n) is 6.79. The van der Waals surface area contributed by atoms with Crippen LogP contribution < -0.4 is 0 Å². The van der Waals surface area contributed by atoms with E-state index in [2.05, 4.69) is 34.1 Å². The van der Waals surface area contributed by atoms with Crippen molar-refractivity contribution < 1.29 is 14.1 Å². The molecule has 1 saturated heterocycles. The Labute approximate surface area is 171 Å². The first-order chi connectivity index (χ1) is 13.2. The van der Waals surface area contributed by atoms with Gasteiger partial charge in [0.2, 0.25) is 11.8 Å². The van der Waals surface area contributed by atoms with E-state index in [9.17, 15) is 14.9 Å². The van der Waals surface area contributed by atoms with Gasteiger partial charge >= 0.3 is 0 Å². The number of imide groups is 1. The first-order valence-electron chi connectivity index (χ1n) is 11.2. The lowest BCUT2D eigenvalue weighted by atomic mass is 9.68. The van der Waals surface area contributed by atoms with E-state index in [0.717, 1.165) is 23.9 Å². The van der Waals surface area contributed by atoms with Crippen molar-refractivity contribution in [2.45, 2.75) is 65.2 Å². The van der Waals surface area contributed by atoms with Crippen LogP contribution in [-0.4, -0.2) is 55.4 Å². The Balaban J connectivity index is 2.21. The van der Waals surface area contributed by atoms with E-state index >= 15 is 0 Å². The third kappa shape index (κ3) is 5.56. The Hall–Kier alpha value is -1.41. The van der Waals surface area contributed by atoms with Gasteiger partial charge in [-0.1, -0.05) is 45.4 Å². The first kappa shape index (κ1) is 22.9. The SMILES string of the molecule is CCC(C1CCCCC1)C1C(=O)N(CCC[N+](C)(C)C)C(=O)C1CC(C)C#N. The molecule has 28 heavy (non-hydrogen) atoms. The zero-order chi connectivity index (χ0) is 20.9. The smallest absolute Gasteiger partial charge is 0.233 e. The van der Waals surface area contributed by atoms with Crippen molar-refractivity contribution in [2.24, 2.45) is 29.6 Å². The third-order valence-corrected chi connectivity index (χ3v) is 6.79. The van der Waals surface area contributed by atoms with E-state index in [1.807, 2.05) is 6.92 Å². The number of likely N-dealkylation sites (tertiary alicyclic amines) is 1. The van der Waals surface area contributed by atoms with Gasteiger partial charge in [-0.25, -0.2) is 0 Å². The lowest BCUT2D eigenvalue weighted by molar-refractivity contribution is -0.870. The summed E-state index contributed by atoms with van der Waals surface area (Å²) in [6, 6.07) is 2.28. The Kier molecular flexibility index (Phi) is 8.07. The van der Waals surface area contributed by atoms with Crippen molar-refractivity contribution in [1.82, 2.24) is 4.90 Å². The second kappa shape index (κ2) is 9.87. The molecule has 2 amide bonds. The molecule has 0 N–H and O–H groups in total. The zero-order valence-electron chi connectivity index (χ0n) is 18.6. The highest BCUT2D eigenvalue weighted by atomic mass is 16.2. The van der Waals surface area contributed by atoms with Crippen LogP contribution in [-0.2, 0) is 9.59 Å². The molecule has 1 aliphatic heterocycles. The van der Waals surface area contributed by atoms with Crippen LogP contribution in [0.3, 0.4) is 0 Å². The molecule has 0 radical (unpaired) electrons. The van der Waals surface area contributed by atoms with Gasteiger partial charge in [0.25, 0.3) is 0 Å². The summed E-state index contributed by atoms with van der Waals surface area (Å²) < 4.78 is 0.828. The van der Waals surface area contributed by atoms with Crippen LogP contribution in [0.2, 0.25) is 0 Å². The molecule has 1 heterocycles. The molecule has 2 aliphatic rings. The fraction of sp³-hybridized carbons (Fsp3) is 0.870. The van der Waals surface area contributed by atoms with Gasteiger partial charge in [0.15, 0.2) is 0 Å². The van der Waals surface area contributed by atoms with Gasteiger partial charge in [-0.05, 0) is 25.2 Å². The van der Waals surface area contributed by atoms with Crippen molar-refractivity contribution in [3.8, 4) is 6.07 Å². The van der Waals surface area contributed by atoms with Crippen molar-refractivity contribution >= 4 is 11.8 Å². The maximum absolute atomic E-state index is 13.4. The van der Waals surface area contributed by atoms with Gasteiger partial charge in [0.05, 0.1) is 45.6 Å². The average Bonchev–Trinajstić information content (AvgIpc) is 2.87. The largest absolute Gasteiger partial charge is 0.331 e. The molecule has 5 heteroatoms. The van der Waals surface area contributed by atoms with Crippen LogP contribution in [0.5, 0.6) is 0 Å². The molecule has 4 atom stereocenters. The maximum atomic E-state index is 13.4. The van der Waals surface area contributed by atoms with Crippen LogP contribution in [0.1, 0.15) is 65.2 Å². The number of rotatable bonds is 9. The number of hydrogen-bond donors (Lipinski definition) is 0. The Bertz CT molecular complexity index is 584. The quantitative estimate of drug-likeness (QED) is 0.444. The lowest BCUT2D eigenvalue weighted by Crippen LogP contribution is -2.39. The number of nitriles is 1. The van der Waals surface area contributed by atoms with Gasteiger partial charge in [0.1, 0.15) is 0 Å². The number of quaternary nitrogens is 1. The highest BCUT2D eigenvalue weighted by Gasteiger charge is 2.51. The summed E-state index contributed by atoms with van der Waals surface area (Å²) in [5, 5.41) is 9.31. The van der Waals surface area contributed by atoms with E-state index in [1.54, 1.807) is 4.90 Å². The average molecular weight is 391 g/mol. The van der Waals surface area contributed by atoms with Gasteiger partial charge in [-0.2, -0.15) is 5.26 Å². The minimum absolute atomic E-state index is 0.0206. The summed E-state index contributed by atoms with van der Waals surface area (Å²) in [5.74, 6) is 0.118. The molecule has 5 nitrogen and oxygen atoms in total. The molecular formula is C23H40N3O2+. The molecular weight excluding hydrogens is 350 g/mol. The molecule has 0 spiro atoms. The first-order valence-corrected chi connectivity index (χ1v) is 11.2. The Morgan fingerprint density at radius 1 is 1.14 bits per heavy atom. The Morgan fingerprint density at radius 3 is 2.32 bits per heavy atom. The fourth-order valence-corrected chi connectivity index (χ4v) is 5.34. The summed E-state index contributed by atoms with van der Waals surface area (Å²) in [4.78, 5) is 28.2. The molecule has 0 bridgehead atoms. The minimum Gasteiger partial charge on any atom is -0.331 e. The highest BCUT2D eigenvalue weighted by Crippen LogP contribution is 2.44. The predicted molar refractivity (Wildman–Crippen MR) is 111 cm³/mol. The van der Waals surface area contributed by atoms with Crippen molar-refractivity contribution in [3.05, 3.63) is 0 Å². The summed E-state index contributed by atoms with van der Waals surface area (Å²) in [6.07, 6.45) is 8.41. The second-order valence-electron chi connectivity index (χ2n) is 10.1. The van der Waals surface area contributed by atoms with Crippen molar-refractivity contribution in [3.63, 3.8) is 0 Å². The van der Waals surface area contributed by atoms with Gasteiger partial charge in [-0.3, -0.25) is 14.5 Å². The Morgan fingerprint density at radius 2 is 1.79 bits per heavy atom. The van der Waals surface area contributed by atoms with Crippen LogP contribution in [0.25, 0.3) is 0 Å². The molecule has 0 aromatic heterocycles. The summed E-state index contributed by atoms with van der Waals surface area (Å²) >= 11 is 0. The number of hydrogen-bond acceptors (Lipinski definition) is 3. The lowest BCUT2D eigenvalue weighted by Gasteiger charge is -2.34. The summed E-state index contributed by atoms with van der Waals surface area (Å²) in [7, 11) is 6.39. The molecule has 2 rings (SSSR count). The van der Waals surface area contributed by atoms with E-state index < -0.39 is 0 Å². The molecule has 0 aromatic carbocycles. The normalized spacial score (nSPS) is 26.4. The number of amides is 2. The topological polar surface area (TPSA) is 61.2 Å². The van der Waals surface area contributed by atoms with E-state index in [0.29, 0.717) is 18.9 Å². The highest BCUT2D eigenvalue weighted by molar-refractivity contribution is 6.05. The second-order valence-corrected chi connectivity index (χ2v) is 10.1. The molecule has 0 aromatic rings. The zero-order valence-corrected chi connectivity index (χ0v) is 18.6. The summed E-state index contributed by atoms with van der Waals surface area (Å²) in [6.45, 7) is 5.49. The van der Waals surface area contributed by atoms with Crippen LogP contribution in [0.15, 0.2) is 0 Å². The van der Waals surface area contributed by atoms with E-state index in [-0.39, 0.29) is 35.5 Å². The number of nitrogens with zero attached hydrogens (tertiary/aromatic N) is 3. The molecule has 158 valence electrons. The van der Waals surface area contributed by atoms with Gasteiger partial charge < -0.3 is 4.48 Å². The standard InChI is InChI=1S/C23H40N3O2/c1-6-19(18-11-8-7-9-12-18)21-20(15-17(2)16-24)22(27)25(23(21)28)13-10-14-26(3,4)5/h17-21H,6-15H2,1-5H3/q+1.